The van der Waals surface area contributed by atoms with E-state index in [9.17, 15) is 9.59 Å². The van der Waals surface area contributed by atoms with Gasteiger partial charge in [-0.1, -0.05) is 30.0 Å². The lowest BCUT2D eigenvalue weighted by Crippen LogP contribution is -2.25. The number of nitrogens with one attached hydrogen (secondary N) is 1. The summed E-state index contributed by atoms with van der Waals surface area (Å²) in [5.41, 5.74) is 2.01. The highest BCUT2D eigenvalue weighted by Gasteiger charge is 2.29. The Labute approximate surface area is 201 Å². The number of hydrogen-bond donors (Lipinski definition) is 1. The molecule has 0 amide bonds. The molecule has 0 spiro atoms. The molecule has 10 heteroatoms. The first-order valence-corrected chi connectivity index (χ1v) is 11.9. The molecule has 1 aromatic carbocycles. The van der Waals surface area contributed by atoms with Crippen molar-refractivity contribution in [3.05, 3.63) is 65.3 Å². The van der Waals surface area contributed by atoms with Crippen molar-refractivity contribution in [2.24, 2.45) is 0 Å². The van der Waals surface area contributed by atoms with Gasteiger partial charge in [0.05, 0.1) is 12.4 Å². The van der Waals surface area contributed by atoms with Gasteiger partial charge in [-0.15, -0.1) is 16.8 Å². The van der Waals surface area contributed by atoms with Gasteiger partial charge in [-0.2, -0.15) is 0 Å². The Kier molecular flexibility index (Phi) is 7.06. The summed E-state index contributed by atoms with van der Waals surface area (Å²) in [4.78, 5) is 28.2. The molecule has 3 aromatic rings. The van der Waals surface area contributed by atoms with E-state index in [-0.39, 0.29) is 18.1 Å². The van der Waals surface area contributed by atoms with E-state index in [2.05, 4.69) is 21.8 Å². The predicted octanol–water partition coefficient (Wildman–Crippen LogP) is 4.07. The fourth-order valence-corrected chi connectivity index (χ4v) is 4.70. The van der Waals surface area contributed by atoms with Crippen molar-refractivity contribution in [1.29, 1.82) is 0 Å². The summed E-state index contributed by atoms with van der Waals surface area (Å²) in [5, 5.41) is 9.19. The molecular formula is C24H26N4O5S. The molecule has 1 aliphatic rings. The number of benzene rings is 1. The van der Waals surface area contributed by atoms with Crippen LogP contribution < -0.4 is 9.47 Å². The third kappa shape index (κ3) is 4.58. The van der Waals surface area contributed by atoms with E-state index in [1.54, 1.807) is 26.8 Å². The zero-order chi connectivity index (χ0) is 24.2. The van der Waals surface area contributed by atoms with Gasteiger partial charge in [0.15, 0.2) is 34.4 Å². The summed E-state index contributed by atoms with van der Waals surface area (Å²) >= 11 is 1.27. The Balaban J connectivity index is 1.51. The number of para-hydroxylation sites is 2. The number of rotatable bonds is 9. The minimum Gasteiger partial charge on any atom is -0.485 e. The number of aromatic amines is 1. The smallest absolute Gasteiger partial charge is 0.355 e. The van der Waals surface area contributed by atoms with Crippen LogP contribution in [-0.4, -0.2) is 50.5 Å². The van der Waals surface area contributed by atoms with Crippen LogP contribution in [-0.2, 0) is 11.3 Å². The molecular weight excluding hydrogens is 456 g/mol. The molecule has 0 fully saturated rings. The van der Waals surface area contributed by atoms with Crippen LogP contribution in [0.5, 0.6) is 11.5 Å². The maximum atomic E-state index is 13.1. The normalized spacial score (nSPS) is 14.6. The van der Waals surface area contributed by atoms with E-state index in [0.717, 1.165) is 0 Å². The summed E-state index contributed by atoms with van der Waals surface area (Å²) in [5.74, 6) is 1.47. The molecule has 1 aliphatic heterocycles. The third-order valence-corrected chi connectivity index (χ3v) is 6.35. The molecule has 1 atom stereocenters. The maximum Gasteiger partial charge on any atom is 0.355 e. The van der Waals surface area contributed by atoms with E-state index in [1.807, 2.05) is 28.8 Å². The fourth-order valence-electron chi connectivity index (χ4n) is 3.87. The van der Waals surface area contributed by atoms with Gasteiger partial charge >= 0.3 is 5.97 Å². The van der Waals surface area contributed by atoms with Gasteiger partial charge in [0.2, 0.25) is 0 Å². The van der Waals surface area contributed by atoms with Crippen molar-refractivity contribution in [3.63, 3.8) is 0 Å². The Morgan fingerprint density at radius 2 is 2.06 bits per heavy atom. The number of esters is 1. The molecule has 0 aliphatic carbocycles. The van der Waals surface area contributed by atoms with Crippen LogP contribution in [0.25, 0.3) is 0 Å². The predicted molar refractivity (Wildman–Crippen MR) is 127 cm³/mol. The Hall–Kier alpha value is -3.53. The first-order chi connectivity index (χ1) is 16.4. The number of ether oxygens (including phenoxy) is 3. The number of ketones is 1. The zero-order valence-electron chi connectivity index (χ0n) is 19.3. The molecule has 1 unspecified atom stereocenters. The molecule has 0 radical (unpaired) electrons. The molecule has 3 heterocycles. The van der Waals surface area contributed by atoms with E-state index >= 15 is 0 Å². The molecule has 34 heavy (non-hydrogen) atoms. The Bertz CT molecular complexity index is 1230. The van der Waals surface area contributed by atoms with E-state index < -0.39 is 12.1 Å². The summed E-state index contributed by atoms with van der Waals surface area (Å²) in [6.45, 7) is 10.1. The van der Waals surface area contributed by atoms with Crippen molar-refractivity contribution in [2.75, 3.05) is 19.0 Å². The second kappa shape index (κ2) is 10.2. The minimum absolute atomic E-state index is 0.118. The van der Waals surface area contributed by atoms with E-state index in [0.29, 0.717) is 58.1 Å². The second-order valence-corrected chi connectivity index (χ2v) is 8.60. The number of Topliss-reactive ketones (excluding diaryl/α,β-unsaturated/α-hetero) is 1. The van der Waals surface area contributed by atoms with E-state index in [4.69, 9.17) is 14.2 Å². The van der Waals surface area contributed by atoms with Gasteiger partial charge in [0.25, 0.3) is 0 Å². The van der Waals surface area contributed by atoms with Crippen LogP contribution in [0.1, 0.15) is 51.0 Å². The quantitative estimate of drug-likeness (QED) is 0.210. The highest BCUT2D eigenvalue weighted by Crippen LogP contribution is 2.36. The lowest BCUT2D eigenvalue weighted by Gasteiger charge is -2.26. The first kappa shape index (κ1) is 23.6. The number of hydrogen-bond acceptors (Lipinski definition) is 8. The molecule has 0 bridgehead atoms. The standard InChI is InChI=1S/C24H26N4O5S/c1-5-11-28-22(19-12-32-17-9-7-8-10-18(17)33-19)26-27-24(28)34-13-16(29)20-14(3)21(25-15(20)4)23(30)31-6-2/h5,7-10,19,25H,1,6,11-13H2,2-4H3. The third-order valence-electron chi connectivity index (χ3n) is 5.38. The second-order valence-electron chi connectivity index (χ2n) is 7.66. The highest BCUT2D eigenvalue weighted by atomic mass is 32.2. The Morgan fingerprint density at radius 3 is 2.79 bits per heavy atom. The lowest BCUT2D eigenvalue weighted by molar-refractivity contribution is 0.0519. The zero-order valence-corrected chi connectivity index (χ0v) is 20.1. The lowest BCUT2D eigenvalue weighted by atomic mass is 10.1. The van der Waals surface area contributed by atoms with Crippen molar-refractivity contribution >= 4 is 23.5 Å². The summed E-state index contributed by atoms with van der Waals surface area (Å²) in [6, 6.07) is 7.46. The maximum absolute atomic E-state index is 13.1. The number of aromatic nitrogens is 4. The van der Waals surface area contributed by atoms with Crippen molar-refractivity contribution in [3.8, 4) is 11.5 Å². The van der Waals surface area contributed by atoms with Crippen molar-refractivity contribution in [2.45, 2.75) is 38.6 Å². The first-order valence-electron chi connectivity index (χ1n) is 10.9. The largest absolute Gasteiger partial charge is 0.485 e. The van der Waals surface area contributed by atoms with Crippen LogP contribution in [0, 0.1) is 13.8 Å². The topological polar surface area (TPSA) is 108 Å². The van der Waals surface area contributed by atoms with Gasteiger partial charge < -0.3 is 19.2 Å². The number of thioether (sulfide) groups is 1. The van der Waals surface area contributed by atoms with Gasteiger partial charge in [-0.05, 0) is 38.5 Å². The number of nitrogens with zero attached hydrogens (tertiary/aromatic N) is 3. The summed E-state index contributed by atoms with van der Waals surface area (Å²) in [7, 11) is 0. The number of aryl methyl sites for hydroxylation is 1. The summed E-state index contributed by atoms with van der Waals surface area (Å²) < 4.78 is 18.8. The number of fused-ring (bicyclic) bond motifs is 1. The van der Waals surface area contributed by atoms with Crippen molar-refractivity contribution < 1.29 is 23.8 Å². The molecule has 0 saturated carbocycles. The van der Waals surface area contributed by atoms with Gasteiger partial charge in [-0.3, -0.25) is 9.36 Å². The fraction of sp³-hybridized carbons (Fsp3) is 0.333. The highest BCUT2D eigenvalue weighted by molar-refractivity contribution is 7.99. The van der Waals surface area contributed by atoms with E-state index in [1.165, 1.54) is 11.8 Å². The van der Waals surface area contributed by atoms with Crippen LogP contribution >= 0.6 is 11.8 Å². The monoisotopic (exact) mass is 482 g/mol. The van der Waals surface area contributed by atoms with Crippen molar-refractivity contribution in [1.82, 2.24) is 19.7 Å². The minimum atomic E-state index is -0.471. The Morgan fingerprint density at radius 1 is 1.29 bits per heavy atom. The van der Waals surface area contributed by atoms with Crippen LogP contribution in [0.4, 0.5) is 0 Å². The van der Waals surface area contributed by atoms with Gasteiger partial charge in [-0.25, -0.2) is 4.79 Å². The number of H-pyrrole nitrogens is 1. The summed E-state index contributed by atoms with van der Waals surface area (Å²) in [6.07, 6.45) is 1.30. The number of allylic oxidation sites excluding steroid dienone is 1. The molecule has 2 aromatic heterocycles. The molecule has 0 saturated heterocycles. The van der Waals surface area contributed by atoms with Gasteiger partial charge in [0, 0.05) is 17.8 Å². The molecule has 178 valence electrons. The SMILES string of the molecule is C=CCn1c(SCC(=O)c2c(C)[nH]c(C(=O)OCC)c2C)nnc1C1COc2ccccc2O1. The van der Waals surface area contributed by atoms with Crippen LogP contribution in [0.2, 0.25) is 0 Å². The number of carbonyl (C=O) groups is 2. The molecule has 9 nitrogen and oxygen atoms in total. The van der Waals surface area contributed by atoms with Crippen LogP contribution in [0.3, 0.4) is 0 Å². The average molecular weight is 483 g/mol. The number of carbonyl (C=O) groups excluding carboxylic acids is 2. The van der Waals surface area contributed by atoms with Crippen LogP contribution in [0.15, 0.2) is 42.1 Å². The molecule has 1 N–H and O–H groups in total. The average Bonchev–Trinajstić information content (AvgIpc) is 3.37. The molecule has 4 rings (SSSR count). The van der Waals surface area contributed by atoms with Gasteiger partial charge in [0.1, 0.15) is 12.3 Å².